The Hall–Kier alpha value is -0.910. The molecule has 2 bridgehead atoms. The number of halogens is 2. The molecule has 1 unspecified atom stereocenters. The minimum absolute atomic E-state index is 0.0806. The highest BCUT2D eigenvalue weighted by atomic mass is 19.3. The van der Waals surface area contributed by atoms with Gasteiger partial charge in [-0.15, -0.1) is 0 Å². The monoisotopic (exact) mass is 263 g/mol. The van der Waals surface area contributed by atoms with Gasteiger partial charge in [-0.25, -0.2) is 13.6 Å². The van der Waals surface area contributed by atoms with Crippen molar-refractivity contribution in [2.75, 3.05) is 0 Å². The molecule has 2 saturated heterocycles. The zero-order valence-corrected chi connectivity index (χ0v) is 10.8. The van der Waals surface area contributed by atoms with Crippen LogP contribution in [0.4, 0.5) is 13.6 Å². The number of nitrogens with zero attached hydrogens (tertiary/aromatic N) is 1. The highest BCUT2D eigenvalue weighted by Crippen LogP contribution is 2.46. The van der Waals surface area contributed by atoms with E-state index in [-0.39, 0.29) is 19.3 Å². The van der Waals surface area contributed by atoms with E-state index in [9.17, 15) is 18.7 Å². The van der Waals surface area contributed by atoms with Crippen molar-refractivity contribution in [3.63, 3.8) is 0 Å². The number of aliphatic hydroxyl groups is 1. The van der Waals surface area contributed by atoms with Gasteiger partial charge >= 0.3 is 6.09 Å². The molecule has 0 aromatic heterocycles. The predicted molar refractivity (Wildman–Crippen MR) is 60.5 cm³/mol. The Kier molecular flexibility index (Phi) is 3.04. The zero-order chi connectivity index (χ0) is 13.7. The Labute approximate surface area is 105 Å². The second-order valence-electron chi connectivity index (χ2n) is 6.15. The van der Waals surface area contributed by atoms with Gasteiger partial charge in [-0.3, -0.25) is 4.90 Å². The molecule has 104 valence electrons. The van der Waals surface area contributed by atoms with Crippen molar-refractivity contribution in [2.24, 2.45) is 0 Å². The Bertz CT molecular complexity index is 354. The average molecular weight is 263 g/mol. The van der Waals surface area contributed by atoms with Crippen molar-refractivity contribution in [1.82, 2.24) is 4.90 Å². The molecule has 2 fully saturated rings. The number of piperidine rings is 1. The first-order valence-electron chi connectivity index (χ1n) is 6.17. The summed E-state index contributed by atoms with van der Waals surface area (Å²) < 4.78 is 32.7. The molecule has 2 aliphatic heterocycles. The second-order valence-corrected chi connectivity index (χ2v) is 6.15. The fourth-order valence-corrected chi connectivity index (χ4v) is 2.75. The van der Waals surface area contributed by atoms with E-state index < -0.39 is 35.8 Å². The lowest BCUT2D eigenvalue weighted by molar-refractivity contribution is -0.0634. The quantitative estimate of drug-likeness (QED) is 0.728. The van der Waals surface area contributed by atoms with Gasteiger partial charge in [0.1, 0.15) is 11.6 Å². The molecule has 3 atom stereocenters. The molecule has 0 radical (unpaired) electrons. The van der Waals surface area contributed by atoms with Crippen molar-refractivity contribution in [1.29, 1.82) is 0 Å². The highest BCUT2D eigenvalue weighted by molar-refractivity contribution is 5.70. The molecule has 0 aliphatic carbocycles. The summed E-state index contributed by atoms with van der Waals surface area (Å²) in [7, 11) is 0. The molecule has 18 heavy (non-hydrogen) atoms. The topological polar surface area (TPSA) is 49.8 Å². The molecule has 0 aromatic rings. The van der Waals surface area contributed by atoms with Crippen molar-refractivity contribution < 1.29 is 23.4 Å². The van der Waals surface area contributed by atoms with Crippen LogP contribution in [0.15, 0.2) is 0 Å². The second kappa shape index (κ2) is 4.05. The Morgan fingerprint density at radius 1 is 1.39 bits per heavy atom. The molecule has 0 saturated carbocycles. The number of ether oxygens (including phenoxy) is 1. The summed E-state index contributed by atoms with van der Waals surface area (Å²) in [4.78, 5) is 13.1. The highest BCUT2D eigenvalue weighted by Gasteiger charge is 2.59. The largest absolute Gasteiger partial charge is 0.444 e. The number of fused-ring (bicyclic) bond motifs is 2. The van der Waals surface area contributed by atoms with Gasteiger partial charge in [-0.2, -0.15) is 0 Å². The molecule has 2 aliphatic rings. The van der Waals surface area contributed by atoms with Crippen LogP contribution in [0, 0.1) is 0 Å². The van der Waals surface area contributed by atoms with Gasteiger partial charge in [0.05, 0.1) is 6.10 Å². The fraction of sp³-hybridized carbons (Fsp3) is 0.917. The number of carbonyl (C=O) groups excluding carboxylic acids is 1. The first-order chi connectivity index (χ1) is 8.10. The van der Waals surface area contributed by atoms with Crippen LogP contribution in [0.5, 0.6) is 0 Å². The normalized spacial score (nSPS) is 34.6. The van der Waals surface area contributed by atoms with Crippen LogP contribution in [0.25, 0.3) is 0 Å². The summed E-state index contributed by atoms with van der Waals surface area (Å²) in [5, 5.41) is 9.54. The molecule has 0 aromatic carbocycles. The molecule has 2 rings (SSSR count). The number of hydrogen-bond donors (Lipinski definition) is 1. The molecular formula is C12H19F2NO3. The van der Waals surface area contributed by atoms with E-state index in [4.69, 9.17) is 4.74 Å². The SMILES string of the molecule is CC(C)(C)OC(=O)N1C2C[C@@H](O)C[C@@H]1CC2(F)F. The van der Waals surface area contributed by atoms with E-state index >= 15 is 0 Å². The smallest absolute Gasteiger partial charge is 0.411 e. The van der Waals surface area contributed by atoms with E-state index in [0.29, 0.717) is 0 Å². The lowest BCUT2D eigenvalue weighted by Crippen LogP contribution is -2.52. The summed E-state index contributed by atoms with van der Waals surface area (Å²) in [5.41, 5.74) is -0.706. The molecule has 0 spiro atoms. The third-order valence-corrected chi connectivity index (χ3v) is 3.37. The number of hydrogen-bond acceptors (Lipinski definition) is 3. The van der Waals surface area contributed by atoms with E-state index in [2.05, 4.69) is 0 Å². The van der Waals surface area contributed by atoms with E-state index in [0.717, 1.165) is 4.90 Å². The van der Waals surface area contributed by atoms with E-state index in [1.807, 2.05) is 0 Å². The van der Waals surface area contributed by atoms with Gasteiger partial charge in [0.25, 0.3) is 5.92 Å². The standard InChI is InChI=1S/C12H19F2NO3/c1-11(2,3)18-10(17)15-7-4-8(16)5-9(15)12(13,14)6-7/h7-9,16H,4-6H2,1-3H3/t7-,8+,9?/m1/s1. The molecule has 1 N–H and O–H groups in total. The van der Waals surface area contributed by atoms with E-state index in [1.54, 1.807) is 20.8 Å². The van der Waals surface area contributed by atoms with Gasteiger partial charge < -0.3 is 9.84 Å². The Morgan fingerprint density at radius 2 is 2.00 bits per heavy atom. The van der Waals surface area contributed by atoms with Crippen LogP contribution in [-0.4, -0.2) is 45.8 Å². The van der Waals surface area contributed by atoms with Gasteiger partial charge in [0.2, 0.25) is 0 Å². The number of carbonyl (C=O) groups is 1. The number of amides is 1. The lowest BCUT2D eigenvalue weighted by Gasteiger charge is -2.37. The summed E-state index contributed by atoms with van der Waals surface area (Å²) in [6, 6.07) is -1.86. The minimum Gasteiger partial charge on any atom is -0.444 e. The molecule has 2 heterocycles. The van der Waals surface area contributed by atoms with Crippen LogP contribution in [0.3, 0.4) is 0 Å². The third-order valence-electron chi connectivity index (χ3n) is 3.37. The predicted octanol–water partition coefficient (Wildman–Crippen LogP) is 2.15. The van der Waals surface area contributed by atoms with Crippen molar-refractivity contribution in [2.45, 2.75) is 69.7 Å². The van der Waals surface area contributed by atoms with Gasteiger partial charge in [0, 0.05) is 12.5 Å². The first-order valence-corrected chi connectivity index (χ1v) is 6.17. The zero-order valence-electron chi connectivity index (χ0n) is 10.8. The molecule has 6 heteroatoms. The van der Waals surface area contributed by atoms with Crippen molar-refractivity contribution in [3.8, 4) is 0 Å². The number of rotatable bonds is 0. The molecule has 1 amide bonds. The van der Waals surface area contributed by atoms with Gasteiger partial charge in [-0.1, -0.05) is 0 Å². The van der Waals surface area contributed by atoms with Crippen molar-refractivity contribution >= 4 is 6.09 Å². The average Bonchev–Trinajstić information content (AvgIpc) is 2.28. The van der Waals surface area contributed by atoms with Gasteiger partial charge in [0.15, 0.2) is 0 Å². The van der Waals surface area contributed by atoms with Crippen molar-refractivity contribution in [3.05, 3.63) is 0 Å². The fourth-order valence-electron chi connectivity index (χ4n) is 2.75. The summed E-state index contributed by atoms with van der Waals surface area (Å²) in [6.45, 7) is 5.09. The summed E-state index contributed by atoms with van der Waals surface area (Å²) >= 11 is 0. The molecule has 4 nitrogen and oxygen atoms in total. The first kappa shape index (κ1) is 13.5. The van der Waals surface area contributed by atoms with E-state index in [1.165, 1.54) is 0 Å². The number of alkyl halides is 2. The summed E-state index contributed by atoms with van der Waals surface area (Å²) in [5.74, 6) is -2.93. The Balaban J connectivity index is 2.17. The van der Waals surface area contributed by atoms with Crippen LogP contribution in [0.1, 0.15) is 40.0 Å². The maximum absolute atomic E-state index is 13.8. The maximum atomic E-state index is 13.8. The van der Waals surface area contributed by atoms with Gasteiger partial charge in [-0.05, 0) is 33.6 Å². The minimum atomic E-state index is -2.93. The number of aliphatic hydroxyl groups excluding tert-OH is 1. The van der Waals surface area contributed by atoms with Crippen LogP contribution in [-0.2, 0) is 4.74 Å². The Morgan fingerprint density at radius 3 is 2.50 bits per heavy atom. The van der Waals surface area contributed by atoms with Crippen LogP contribution < -0.4 is 0 Å². The van der Waals surface area contributed by atoms with Crippen LogP contribution >= 0.6 is 0 Å². The summed E-state index contributed by atoms with van der Waals surface area (Å²) in [6.07, 6.45) is -1.73. The molecular weight excluding hydrogens is 244 g/mol. The maximum Gasteiger partial charge on any atom is 0.411 e. The third kappa shape index (κ3) is 2.43. The lowest BCUT2D eigenvalue weighted by atomic mass is 10.00. The van der Waals surface area contributed by atoms with Crippen LogP contribution in [0.2, 0.25) is 0 Å².